The largest absolute Gasteiger partial charge is 0.493 e. The lowest BCUT2D eigenvalue weighted by molar-refractivity contribution is 0.239. The van der Waals surface area contributed by atoms with Crippen molar-refractivity contribution in [2.24, 2.45) is 0 Å². The average Bonchev–Trinajstić information content (AvgIpc) is 2.58. The van der Waals surface area contributed by atoms with Gasteiger partial charge in [-0.2, -0.15) is 0 Å². The molecule has 0 aromatic heterocycles. The lowest BCUT2D eigenvalue weighted by atomic mass is 10.1. The Morgan fingerprint density at radius 1 is 1.00 bits per heavy atom. The summed E-state index contributed by atoms with van der Waals surface area (Å²) in [6, 6.07) is 14.1. The normalized spacial score (nSPS) is 10.4. The Bertz CT molecular complexity index is 666. The fourth-order valence-electron chi connectivity index (χ4n) is 2.51. The van der Waals surface area contributed by atoms with Crippen molar-refractivity contribution in [3.63, 3.8) is 0 Å². The predicted molar refractivity (Wildman–Crippen MR) is 105 cm³/mol. The number of aryl methyl sites for hydroxylation is 2. The Morgan fingerprint density at radius 2 is 1.64 bits per heavy atom. The molecule has 2 aromatic rings. The molecule has 0 saturated carbocycles. The van der Waals surface area contributed by atoms with E-state index in [2.05, 4.69) is 38.7 Å². The van der Waals surface area contributed by atoms with E-state index in [0.717, 1.165) is 34.2 Å². The van der Waals surface area contributed by atoms with Crippen molar-refractivity contribution >= 4 is 22.0 Å². The number of halogens is 1. The number of ether oxygens (including phenoxy) is 1. The minimum Gasteiger partial charge on any atom is -0.493 e. The van der Waals surface area contributed by atoms with Gasteiger partial charge < -0.3 is 15.4 Å². The van der Waals surface area contributed by atoms with Crippen molar-refractivity contribution in [3.8, 4) is 5.75 Å². The highest BCUT2D eigenvalue weighted by molar-refractivity contribution is 9.10. The van der Waals surface area contributed by atoms with Crippen molar-refractivity contribution in [1.29, 1.82) is 0 Å². The third-order valence-corrected chi connectivity index (χ3v) is 4.40. The van der Waals surface area contributed by atoms with Crippen molar-refractivity contribution < 1.29 is 9.53 Å². The molecule has 0 saturated heterocycles. The van der Waals surface area contributed by atoms with E-state index in [4.69, 9.17) is 4.74 Å². The van der Waals surface area contributed by atoms with E-state index in [1.165, 1.54) is 5.56 Å². The van der Waals surface area contributed by atoms with Crippen LogP contribution in [0.3, 0.4) is 0 Å². The predicted octanol–water partition coefficient (Wildman–Crippen LogP) is 4.38. The van der Waals surface area contributed by atoms with Gasteiger partial charge in [0.2, 0.25) is 0 Å². The van der Waals surface area contributed by atoms with Crippen LogP contribution >= 0.6 is 15.9 Å². The fourth-order valence-corrected chi connectivity index (χ4v) is 2.77. The number of hydrogen-bond donors (Lipinski definition) is 2. The maximum atomic E-state index is 11.8. The van der Waals surface area contributed by atoms with Gasteiger partial charge >= 0.3 is 6.03 Å². The van der Waals surface area contributed by atoms with Crippen molar-refractivity contribution in [1.82, 2.24) is 10.6 Å². The molecule has 5 heteroatoms. The van der Waals surface area contributed by atoms with E-state index in [9.17, 15) is 4.79 Å². The van der Waals surface area contributed by atoms with Crippen molar-refractivity contribution in [2.45, 2.75) is 26.7 Å². The molecule has 2 rings (SSSR count). The molecule has 0 radical (unpaired) electrons. The molecular formula is C20H25BrN2O2. The van der Waals surface area contributed by atoms with Gasteiger partial charge in [-0.3, -0.25) is 0 Å². The maximum absolute atomic E-state index is 11.8. The summed E-state index contributed by atoms with van der Waals surface area (Å²) in [6.07, 6.45) is 1.59. The third kappa shape index (κ3) is 6.78. The number of amides is 2. The van der Waals surface area contributed by atoms with E-state index in [-0.39, 0.29) is 6.03 Å². The van der Waals surface area contributed by atoms with E-state index in [1.54, 1.807) is 0 Å². The van der Waals surface area contributed by atoms with E-state index >= 15 is 0 Å². The van der Waals surface area contributed by atoms with Gasteiger partial charge in [-0.25, -0.2) is 4.79 Å². The van der Waals surface area contributed by atoms with Gasteiger partial charge in [-0.05, 0) is 55.5 Å². The monoisotopic (exact) mass is 404 g/mol. The van der Waals surface area contributed by atoms with Crippen LogP contribution in [0.25, 0.3) is 0 Å². The van der Waals surface area contributed by atoms with Crippen molar-refractivity contribution in [2.75, 3.05) is 19.7 Å². The van der Waals surface area contributed by atoms with Crippen LogP contribution in [0.15, 0.2) is 46.9 Å². The fraction of sp³-hybridized carbons (Fsp3) is 0.350. The SMILES string of the molecule is Cc1cccc(C)c1OCCCNC(=O)NCCc1ccc(Br)cc1. The standard InChI is InChI=1S/C20H25BrN2O2/c1-15-5-3-6-16(2)19(15)25-14-4-12-22-20(24)23-13-11-17-7-9-18(21)10-8-17/h3,5-10H,4,11-14H2,1-2H3,(H2,22,23,24). The molecule has 134 valence electrons. The van der Waals surface area contributed by atoms with Crippen LogP contribution in [0.1, 0.15) is 23.1 Å². The Morgan fingerprint density at radius 3 is 2.32 bits per heavy atom. The van der Waals surface area contributed by atoms with Crippen LogP contribution in [-0.4, -0.2) is 25.7 Å². The van der Waals surface area contributed by atoms with Crippen LogP contribution in [0.5, 0.6) is 5.75 Å². The van der Waals surface area contributed by atoms with E-state index < -0.39 is 0 Å². The highest BCUT2D eigenvalue weighted by atomic mass is 79.9. The number of para-hydroxylation sites is 1. The molecule has 0 aliphatic carbocycles. The van der Waals surface area contributed by atoms with Crippen LogP contribution in [-0.2, 0) is 6.42 Å². The Hall–Kier alpha value is -2.01. The molecule has 2 N–H and O–H groups in total. The van der Waals surface area contributed by atoms with Gasteiger partial charge in [-0.15, -0.1) is 0 Å². The molecule has 0 aliphatic heterocycles. The van der Waals surface area contributed by atoms with Gasteiger partial charge in [-0.1, -0.05) is 46.3 Å². The second-order valence-corrected chi connectivity index (χ2v) is 6.90. The summed E-state index contributed by atoms with van der Waals surface area (Å²) in [4.78, 5) is 11.8. The molecular weight excluding hydrogens is 380 g/mol. The highest BCUT2D eigenvalue weighted by Gasteiger charge is 2.03. The summed E-state index contributed by atoms with van der Waals surface area (Å²) in [7, 11) is 0. The first kappa shape index (κ1) is 19.3. The molecule has 2 amide bonds. The summed E-state index contributed by atoms with van der Waals surface area (Å²) in [6.45, 7) is 5.88. The topological polar surface area (TPSA) is 50.4 Å². The van der Waals surface area contributed by atoms with Crippen LogP contribution in [0.2, 0.25) is 0 Å². The summed E-state index contributed by atoms with van der Waals surface area (Å²) < 4.78 is 6.88. The van der Waals surface area contributed by atoms with Gasteiger partial charge in [0.1, 0.15) is 5.75 Å². The number of carbonyl (C=O) groups excluding carboxylic acids is 1. The number of rotatable bonds is 8. The summed E-state index contributed by atoms with van der Waals surface area (Å²) in [5.41, 5.74) is 3.47. The number of nitrogens with one attached hydrogen (secondary N) is 2. The van der Waals surface area contributed by atoms with Gasteiger partial charge in [0.25, 0.3) is 0 Å². The zero-order valence-electron chi connectivity index (χ0n) is 14.8. The maximum Gasteiger partial charge on any atom is 0.314 e. The van der Waals surface area contributed by atoms with Crippen LogP contribution in [0.4, 0.5) is 4.79 Å². The molecule has 0 spiro atoms. The zero-order valence-corrected chi connectivity index (χ0v) is 16.4. The molecule has 0 fully saturated rings. The van der Waals surface area contributed by atoms with Crippen LogP contribution in [0, 0.1) is 13.8 Å². The molecule has 0 bridgehead atoms. The molecule has 0 unspecified atom stereocenters. The first-order valence-electron chi connectivity index (χ1n) is 8.51. The smallest absolute Gasteiger partial charge is 0.314 e. The van der Waals surface area contributed by atoms with Gasteiger partial charge in [0.05, 0.1) is 6.61 Å². The van der Waals surface area contributed by atoms with Gasteiger partial charge in [0.15, 0.2) is 0 Å². The first-order chi connectivity index (χ1) is 12.1. The average molecular weight is 405 g/mol. The minimum absolute atomic E-state index is 0.135. The van der Waals surface area contributed by atoms with Gasteiger partial charge in [0, 0.05) is 17.6 Å². The molecule has 4 nitrogen and oxygen atoms in total. The lowest BCUT2D eigenvalue weighted by Crippen LogP contribution is -2.37. The zero-order chi connectivity index (χ0) is 18.1. The molecule has 0 aliphatic rings. The Kier molecular flexibility index (Phi) is 7.79. The number of urea groups is 1. The van der Waals surface area contributed by atoms with Crippen LogP contribution < -0.4 is 15.4 Å². The number of benzene rings is 2. The summed E-state index contributed by atoms with van der Waals surface area (Å²) in [5.74, 6) is 0.946. The molecule has 0 heterocycles. The van der Waals surface area contributed by atoms with E-state index in [1.807, 2.05) is 44.2 Å². The first-order valence-corrected chi connectivity index (χ1v) is 9.30. The minimum atomic E-state index is -0.135. The molecule has 2 aromatic carbocycles. The molecule has 25 heavy (non-hydrogen) atoms. The van der Waals surface area contributed by atoms with E-state index in [0.29, 0.717) is 19.7 Å². The summed E-state index contributed by atoms with van der Waals surface area (Å²) in [5, 5.41) is 5.73. The highest BCUT2D eigenvalue weighted by Crippen LogP contribution is 2.22. The third-order valence-electron chi connectivity index (χ3n) is 3.87. The van der Waals surface area contributed by atoms with Crippen molar-refractivity contribution in [3.05, 3.63) is 63.6 Å². The quantitative estimate of drug-likeness (QED) is 0.641. The molecule has 0 atom stereocenters. The number of carbonyl (C=O) groups is 1. The lowest BCUT2D eigenvalue weighted by Gasteiger charge is -2.12. The Labute approximate surface area is 158 Å². The second-order valence-electron chi connectivity index (χ2n) is 5.98. The second kappa shape index (κ2) is 10.1. The summed E-state index contributed by atoms with van der Waals surface area (Å²) >= 11 is 3.41. The number of hydrogen-bond acceptors (Lipinski definition) is 2. The Balaban J connectivity index is 1.57.